The summed E-state index contributed by atoms with van der Waals surface area (Å²) in [4.78, 5) is 24.7. The Morgan fingerprint density at radius 1 is 1.00 bits per heavy atom. The Morgan fingerprint density at radius 2 is 1.68 bits per heavy atom. The molecule has 0 aromatic heterocycles. The lowest BCUT2D eigenvalue weighted by molar-refractivity contribution is -0.116. The van der Waals surface area contributed by atoms with Gasteiger partial charge in [-0.25, -0.2) is 4.79 Å². The normalized spacial score (nSPS) is 36.8. The van der Waals surface area contributed by atoms with Crippen molar-refractivity contribution in [2.45, 2.75) is 135 Å². The van der Waals surface area contributed by atoms with E-state index in [1.807, 2.05) is 6.08 Å². The first-order valence-electron chi connectivity index (χ1n) is 15.6. The zero-order valence-corrected chi connectivity index (χ0v) is 24.4. The van der Waals surface area contributed by atoms with Crippen molar-refractivity contribution in [1.82, 2.24) is 0 Å². The number of allylic oxidation sites excluding steroid dienone is 1. The highest BCUT2D eigenvalue weighted by atomic mass is 35.5. The largest absolute Gasteiger partial charge is 0.508 e. The monoisotopic (exact) mass is 534 g/mol. The van der Waals surface area contributed by atoms with Crippen LogP contribution in [-0.4, -0.2) is 30.0 Å². The first-order valence-corrected chi connectivity index (χ1v) is 16.0. The van der Waals surface area contributed by atoms with E-state index in [1.54, 1.807) is 0 Å². The molecule has 0 radical (unpaired) electrons. The molecule has 3 saturated carbocycles. The van der Waals surface area contributed by atoms with Gasteiger partial charge in [0.1, 0.15) is 6.10 Å². The summed E-state index contributed by atoms with van der Waals surface area (Å²) in [6, 6.07) is 0. The van der Waals surface area contributed by atoms with Crippen LogP contribution in [0.1, 0.15) is 124 Å². The molecule has 8 atom stereocenters. The highest BCUT2D eigenvalue weighted by Crippen LogP contribution is 2.64. The van der Waals surface area contributed by atoms with Crippen LogP contribution in [0, 0.1) is 35.0 Å². The summed E-state index contributed by atoms with van der Waals surface area (Å²) < 4.78 is 11.5. The fraction of sp³-hybridized carbons (Fsp3) is 0.875. The minimum atomic E-state index is -0.497. The third kappa shape index (κ3) is 6.76. The number of ether oxygens (including phenoxy) is 2. The number of alkyl halides is 1. The van der Waals surface area contributed by atoms with Crippen LogP contribution in [0.3, 0.4) is 0 Å². The van der Waals surface area contributed by atoms with Gasteiger partial charge < -0.3 is 9.47 Å². The smallest absolute Gasteiger partial charge is 0.434 e. The molecule has 0 amide bonds. The molecule has 3 fully saturated rings. The maximum atomic E-state index is 12.6. The van der Waals surface area contributed by atoms with Crippen LogP contribution in [0.25, 0.3) is 0 Å². The lowest BCUT2D eigenvalue weighted by Gasteiger charge is -2.57. The van der Waals surface area contributed by atoms with Crippen molar-refractivity contribution in [3.05, 3.63) is 11.6 Å². The number of ketones is 1. The molecule has 4 rings (SSSR count). The predicted molar refractivity (Wildman–Crippen MR) is 150 cm³/mol. The van der Waals surface area contributed by atoms with Crippen molar-refractivity contribution >= 4 is 23.5 Å². The number of hydrogen-bond donors (Lipinski definition) is 0. The summed E-state index contributed by atoms with van der Waals surface area (Å²) in [7, 11) is 0. The van der Waals surface area contributed by atoms with Crippen LogP contribution in [-0.2, 0) is 14.3 Å². The second-order valence-electron chi connectivity index (χ2n) is 13.0. The molecule has 4 aliphatic rings. The number of halogens is 1. The SMILES string of the molecule is CCCCCCCCCCCCOC(=O)O[C@H]1CC[C@H]2[C@H]3[C@H]([C@@H](Cl)C[C@]12C)[C@H]1CCC(=O)C=C1C[C@H]3C. The Kier molecular flexibility index (Phi) is 10.5. The summed E-state index contributed by atoms with van der Waals surface area (Å²) >= 11 is 7.17. The molecular formula is C32H51ClO4. The summed E-state index contributed by atoms with van der Waals surface area (Å²) in [5.74, 6) is 2.73. The van der Waals surface area contributed by atoms with E-state index in [9.17, 15) is 9.59 Å². The van der Waals surface area contributed by atoms with Crippen LogP contribution < -0.4 is 0 Å². The van der Waals surface area contributed by atoms with Gasteiger partial charge in [0.05, 0.1) is 6.61 Å². The molecular weight excluding hydrogens is 484 g/mol. The van der Waals surface area contributed by atoms with Crippen LogP contribution in [0.15, 0.2) is 11.6 Å². The van der Waals surface area contributed by atoms with E-state index in [2.05, 4.69) is 20.8 Å². The number of rotatable bonds is 12. The van der Waals surface area contributed by atoms with Crippen molar-refractivity contribution in [1.29, 1.82) is 0 Å². The fourth-order valence-corrected chi connectivity index (χ4v) is 9.30. The zero-order chi connectivity index (χ0) is 26.4. The van der Waals surface area contributed by atoms with Crippen LogP contribution in [0.4, 0.5) is 4.79 Å². The third-order valence-electron chi connectivity index (χ3n) is 10.4. The first kappa shape index (κ1) is 29.0. The molecule has 0 spiro atoms. The standard InChI is InChI=1S/C32H51ClO4/c1-4-5-6-7-8-9-10-11-12-13-18-36-31(35)37-28-17-16-26-29-22(2)19-23-20-24(34)14-15-25(23)30(29)27(33)21-32(26,28)3/h20,22,25-30H,4-19,21H2,1-3H3/t22-,25+,26+,27+,28+,29+,30+,32+/m1/s1. The summed E-state index contributed by atoms with van der Waals surface area (Å²) in [6.45, 7) is 7.36. The topological polar surface area (TPSA) is 52.6 Å². The van der Waals surface area contributed by atoms with E-state index in [4.69, 9.17) is 21.1 Å². The Bertz CT molecular complexity index is 809. The Labute approximate surface area is 230 Å². The third-order valence-corrected chi connectivity index (χ3v) is 10.9. The fourth-order valence-electron chi connectivity index (χ4n) is 8.62. The average Bonchev–Trinajstić information content (AvgIpc) is 3.17. The minimum absolute atomic E-state index is 0.0578. The van der Waals surface area contributed by atoms with Crippen LogP contribution >= 0.6 is 11.6 Å². The number of carbonyl (C=O) groups is 2. The molecule has 210 valence electrons. The van der Waals surface area contributed by atoms with Gasteiger partial charge in [-0.1, -0.05) is 84.1 Å². The summed E-state index contributed by atoms with van der Waals surface area (Å²) in [5, 5.41) is 0.0578. The molecule has 0 aliphatic heterocycles. The zero-order valence-electron chi connectivity index (χ0n) is 23.7. The number of unbranched alkanes of at least 4 members (excludes halogenated alkanes) is 9. The molecule has 0 bridgehead atoms. The lowest BCUT2D eigenvalue weighted by Crippen LogP contribution is -2.55. The molecule has 4 aliphatic carbocycles. The van der Waals surface area contributed by atoms with Crippen LogP contribution in [0.5, 0.6) is 0 Å². The van der Waals surface area contributed by atoms with E-state index >= 15 is 0 Å². The minimum Gasteiger partial charge on any atom is -0.434 e. The quantitative estimate of drug-likeness (QED) is 0.142. The molecule has 0 unspecified atom stereocenters. The molecule has 0 heterocycles. The van der Waals surface area contributed by atoms with Crippen molar-refractivity contribution < 1.29 is 19.1 Å². The van der Waals surface area contributed by atoms with Gasteiger partial charge in [-0.3, -0.25) is 4.79 Å². The van der Waals surface area contributed by atoms with Gasteiger partial charge in [-0.05, 0) is 74.2 Å². The Balaban J connectivity index is 1.21. The highest BCUT2D eigenvalue weighted by molar-refractivity contribution is 6.21. The van der Waals surface area contributed by atoms with Gasteiger partial charge in [0.2, 0.25) is 0 Å². The van der Waals surface area contributed by atoms with Gasteiger partial charge in [-0.15, -0.1) is 11.6 Å². The van der Waals surface area contributed by atoms with Gasteiger partial charge in [0.15, 0.2) is 5.78 Å². The maximum Gasteiger partial charge on any atom is 0.508 e. The van der Waals surface area contributed by atoms with Crippen molar-refractivity contribution in [2.24, 2.45) is 35.0 Å². The Morgan fingerprint density at radius 3 is 2.38 bits per heavy atom. The predicted octanol–water partition coefficient (Wildman–Crippen LogP) is 9.03. The maximum absolute atomic E-state index is 12.6. The Hall–Kier alpha value is -1.03. The first-order chi connectivity index (χ1) is 17.8. The summed E-state index contributed by atoms with van der Waals surface area (Å²) in [6.07, 6.45) is 19.5. The molecule has 5 heteroatoms. The number of hydrogen-bond acceptors (Lipinski definition) is 4. The van der Waals surface area contributed by atoms with Crippen LogP contribution in [0.2, 0.25) is 0 Å². The molecule has 0 N–H and O–H groups in total. The summed E-state index contributed by atoms with van der Waals surface area (Å²) in [5.41, 5.74) is 1.25. The molecule has 0 saturated heterocycles. The van der Waals surface area contributed by atoms with Crippen molar-refractivity contribution in [3.63, 3.8) is 0 Å². The average molecular weight is 535 g/mol. The molecule has 37 heavy (non-hydrogen) atoms. The second kappa shape index (κ2) is 13.4. The number of carbonyl (C=O) groups excluding carboxylic acids is 2. The van der Waals surface area contributed by atoms with E-state index in [0.717, 1.165) is 44.9 Å². The molecule has 0 aromatic carbocycles. The van der Waals surface area contributed by atoms with Crippen molar-refractivity contribution in [3.8, 4) is 0 Å². The van der Waals surface area contributed by atoms with E-state index < -0.39 is 6.16 Å². The lowest BCUT2D eigenvalue weighted by atomic mass is 9.49. The van der Waals surface area contributed by atoms with Gasteiger partial charge in [0.25, 0.3) is 0 Å². The second-order valence-corrected chi connectivity index (χ2v) is 13.5. The molecule has 4 nitrogen and oxygen atoms in total. The van der Waals surface area contributed by atoms with Gasteiger partial charge >= 0.3 is 6.16 Å². The van der Waals surface area contributed by atoms with E-state index in [0.29, 0.717) is 42.6 Å². The molecule has 0 aromatic rings. The van der Waals surface area contributed by atoms with Gasteiger partial charge in [0, 0.05) is 17.2 Å². The van der Waals surface area contributed by atoms with Crippen molar-refractivity contribution in [2.75, 3.05) is 6.61 Å². The van der Waals surface area contributed by atoms with E-state index in [1.165, 1.54) is 56.9 Å². The number of fused-ring (bicyclic) bond motifs is 5. The van der Waals surface area contributed by atoms with E-state index in [-0.39, 0.29) is 22.7 Å². The van der Waals surface area contributed by atoms with Gasteiger partial charge in [-0.2, -0.15) is 0 Å². The highest BCUT2D eigenvalue weighted by Gasteiger charge is 2.61.